The van der Waals surface area contributed by atoms with Crippen LogP contribution in [0.3, 0.4) is 0 Å². The first kappa shape index (κ1) is 13.5. The van der Waals surface area contributed by atoms with Gasteiger partial charge in [-0.25, -0.2) is 4.79 Å². The fourth-order valence-electron chi connectivity index (χ4n) is 1.74. The first-order valence-electron chi connectivity index (χ1n) is 5.55. The van der Waals surface area contributed by atoms with E-state index < -0.39 is 23.1 Å². The first-order chi connectivity index (χ1) is 7.70. The van der Waals surface area contributed by atoms with Gasteiger partial charge in [-0.15, -0.1) is 6.58 Å². The second kappa shape index (κ2) is 4.39. The third kappa shape index (κ3) is 2.99. The Bertz CT molecular complexity index is 345. The molecule has 0 aromatic heterocycles. The average molecular weight is 241 g/mol. The van der Waals surface area contributed by atoms with Crippen molar-refractivity contribution in [2.45, 2.75) is 32.8 Å². The van der Waals surface area contributed by atoms with Gasteiger partial charge in [0, 0.05) is 13.1 Å². The number of carbonyl (C=O) groups excluding carboxylic acids is 1. The van der Waals surface area contributed by atoms with E-state index in [1.807, 2.05) is 0 Å². The molecular weight excluding hydrogens is 222 g/mol. The molecule has 0 spiro atoms. The number of hydrogen-bond acceptors (Lipinski definition) is 3. The molecule has 0 aliphatic carbocycles. The molecule has 17 heavy (non-hydrogen) atoms. The molecule has 0 aromatic rings. The van der Waals surface area contributed by atoms with Crippen LogP contribution in [0.5, 0.6) is 0 Å². The second-order valence-corrected chi connectivity index (χ2v) is 5.32. The van der Waals surface area contributed by atoms with Crippen molar-refractivity contribution >= 4 is 12.1 Å². The van der Waals surface area contributed by atoms with Crippen molar-refractivity contribution in [3.8, 4) is 0 Å². The molecule has 5 nitrogen and oxygen atoms in total. The molecule has 0 aromatic carbocycles. The van der Waals surface area contributed by atoms with Crippen LogP contribution in [-0.2, 0) is 9.53 Å². The average Bonchev–Trinajstić information content (AvgIpc) is 2.60. The minimum absolute atomic E-state index is 0.126. The SMILES string of the molecule is C=CC1(C(=O)O)CCN(C(=O)OC(C)(C)C)C1. The molecule has 0 radical (unpaired) electrons. The number of amides is 1. The van der Waals surface area contributed by atoms with Crippen LogP contribution in [-0.4, -0.2) is 40.8 Å². The predicted octanol–water partition coefficient (Wildman–Crippen LogP) is 1.88. The lowest BCUT2D eigenvalue weighted by atomic mass is 9.88. The van der Waals surface area contributed by atoms with E-state index in [9.17, 15) is 9.59 Å². The van der Waals surface area contributed by atoms with Crippen molar-refractivity contribution in [3.05, 3.63) is 12.7 Å². The third-order valence-corrected chi connectivity index (χ3v) is 2.77. The Morgan fingerprint density at radius 3 is 2.41 bits per heavy atom. The summed E-state index contributed by atoms with van der Waals surface area (Å²) in [5, 5.41) is 9.15. The maximum atomic E-state index is 11.8. The largest absolute Gasteiger partial charge is 0.481 e. The lowest BCUT2D eigenvalue weighted by molar-refractivity contribution is -0.145. The van der Waals surface area contributed by atoms with Crippen LogP contribution >= 0.6 is 0 Å². The Morgan fingerprint density at radius 1 is 1.47 bits per heavy atom. The molecule has 1 aliphatic heterocycles. The summed E-state index contributed by atoms with van der Waals surface area (Å²) in [6.45, 7) is 9.38. The van der Waals surface area contributed by atoms with Crippen molar-refractivity contribution in [3.63, 3.8) is 0 Å². The number of rotatable bonds is 2. The minimum atomic E-state index is -1.03. The van der Waals surface area contributed by atoms with E-state index in [1.165, 1.54) is 11.0 Å². The van der Waals surface area contributed by atoms with E-state index in [2.05, 4.69) is 6.58 Å². The molecule has 5 heteroatoms. The van der Waals surface area contributed by atoms with E-state index >= 15 is 0 Å². The van der Waals surface area contributed by atoms with Crippen LogP contribution in [0.1, 0.15) is 27.2 Å². The summed E-state index contributed by atoms with van der Waals surface area (Å²) in [5.74, 6) is -0.946. The molecule has 1 saturated heterocycles. The van der Waals surface area contributed by atoms with Gasteiger partial charge in [0.25, 0.3) is 0 Å². The molecule has 96 valence electrons. The summed E-state index contributed by atoms with van der Waals surface area (Å²) >= 11 is 0. The van der Waals surface area contributed by atoms with Gasteiger partial charge in [-0.1, -0.05) is 6.08 Å². The molecule has 1 heterocycles. The number of carboxylic acid groups (broad SMARTS) is 1. The van der Waals surface area contributed by atoms with Crippen molar-refractivity contribution in [1.82, 2.24) is 4.90 Å². The Balaban J connectivity index is 2.70. The molecular formula is C12H19NO4. The normalized spacial score (nSPS) is 24.5. The van der Waals surface area contributed by atoms with Crippen molar-refractivity contribution in [2.24, 2.45) is 5.41 Å². The quantitative estimate of drug-likeness (QED) is 0.750. The van der Waals surface area contributed by atoms with Gasteiger partial charge >= 0.3 is 12.1 Å². The molecule has 0 saturated carbocycles. The maximum Gasteiger partial charge on any atom is 0.410 e. The summed E-state index contributed by atoms with van der Waals surface area (Å²) in [7, 11) is 0. The molecule has 1 fully saturated rings. The van der Waals surface area contributed by atoms with Gasteiger partial charge in [-0.2, -0.15) is 0 Å². The van der Waals surface area contributed by atoms with Gasteiger partial charge < -0.3 is 14.7 Å². The number of hydrogen-bond donors (Lipinski definition) is 1. The van der Waals surface area contributed by atoms with E-state index in [0.717, 1.165) is 0 Å². The van der Waals surface area contributed by atoms with Gasteiger partial charge in [-0.05, 0) is 27.2 Å². The Hall–Kier alpha value is -1.52. The van der Waals surface area contributed by atoms with Gasteiger partial charge in [0.1, 0.15) is 11.0 Å². The highest BCUT2D eigenvalue weighted by atomic mass is 16.6. The highest BCUT2D eigenvalue weighted by Crippen LogP contribution is 2.32. The number of nitrogens with zero attached hydrogens (tertiary/aromatic N) is 1. The topological polar surface area (TPSA) is 66.8 Å². The Morgan fingerprint density at radius 2 is 2.06 bits per heavy atom. The third-order valence-electron chi connectivity index (χ3n) is 2.77. The highest BCUT2D eigenvalue weighted by molar-refractivity contribution is 5.79. The molecule has 1 aliphatic rings. The lowest BCUT2D eigenvalue weighted by Crippen LogP contribution is -2.38. The van der Waals surface area contributed by atoms with Crippen LogP contribution in [0.4, 0.5) is 4.79 Å². The lowest BCUT2D eigenvalue weighted by Gasteiger charge is -2.25. The molecule has 1 amide bonds. The van der Waals surface area contributed by atoms with Crippen LogP contribution in [0, 0.1) is 5.41 Å². The van der Waals surface area contributed by atoms with Crippen molar-refractivity contribution in [2.75, 3.05) is 13.1 Å². The summed E-state index contributed by atoms with van der Waals surface area (Å²) in [5.41, 5.74) is -1.60. The molecule has 1 unspecified atom stereocenters. The van der Waals surface area contributed by atoms with Gasteiger partial charge in [0.15, 0.2) is 0 Å². The van der Waals surface area contributed by atoms with E-state index in [4.69, 9.17) is 9.84 Å². The number of likely N-dealkylation sites (tertiary alicyclic amines) is 1. The van der Waals surface area contributed by atoms with Gasteiger partial charge in [0.05, 0.1) is 0 Å². The fraction of sp³-hybridized carbons (Fsp3) is 0.667. The number of carboxylic acids is 1. The fourth-order valence-corrected chi connectivity index (χ4v) is 1.74. The van der Waals surface area contributed by atoms with Crippen LogP contribution in [0.25, 0.3) is 0 Å². The Labute approximate surface area is 101 Å². The predicted molar refractivity (Wildman–Crippen MR) is 62.7 cm³/mol. The zero-order chi connectivity index (χ0) is 13.3. The zero-order valence-electron chi connectivity index (χ0n) is 10.5. The van der Waals surface area contributed by atoms with Crippen LogP contribution in [0.2, 0.25) is 0 Å². The van der Waals surface area contributed by atoms with Gasteiger partial charge in [-0.3, -0.25) is 4.79 Å². The number of aliphatic carboxylic acids is 1. The molecule has 0 bridgehead atoms. The van der Waals surface area contributed by atoms with Crippen molar-refractivity contribution < 1.29 is 19.4 Å². The first-order valence-corrected chi connectivity index (χ1v) is 5.55. The zero-order valence-corrected chi connectivity index (χ0v) is 10.5. The summed E-state index contributed by atoms with van der Waals surface area (Å²) in [4.78, 5) is 24.3. The molecule has 1 N–H and O–H groups in total. The van der Waals surface area contributed by atoms with E-state index in [0.29, 0.717) is 13.0 Å². The summed E-state index contributed by atoms with van der Waals surface area (Å²) < 4.78 is 5.20. The van der Waals surface area contributed by atoms with E-state index in [1.54, 1.807) is 20.8 Å². The summed E-state index contributed by atoms with van der Waals surface area (Å²) in [6, 6.07) is 0. The van der Waals surface area contributed by atoms with Crippen molar-refractivity contribution in [1.29, 1.82) is 0 Å². The monoisotopic (exact) mass is 241 g/mol. The van der Waals surface area contributed by atoms with Crippen LogP contribution in [0.15, 0.2) is 12.7 Å². The maximum absolute atomic E-state index is 11.8. The Kier molecular flexibility index (Phi) is 3.50. The minimum Gasteiger partial charge on any atom is -0.481 e. The van der Waals surface area contributed by atoms with Crippen LogP contribution < -0.4 is 0 Å². The molecule has 1 rings (SSSR count). The van der Waals surface area contributed by atoms with E-state index in [-0.39, 0.29) is 6.54 Å². The second-order valence-electron chi connectivity index (χ2n) is 5.32. The number of ether oxygens (including phenoxy) is 1. The molecule has 1 atom stereocenters. The number of carbonyl (C=O) groups is 2. The summed E-state index contributed by atoms with van der Waals surface area (Å²) in [6.07, 6.45) is 1.31. The highest BCUT2D eigenvalue weighted by Gasteiger charge is 2.44. The smallest absolute Gasteiger partial charge is 0.410 e. The standard InChI is InChI=1S/C12H19NO4/c1-5-12(9(14)15)6-7-13(8-12)10(16)17-11(2,3)4/h5H,1,6-8H2,2-4H3,(H,14,15). The van der Waals surface area contributed by atoms with Gasteiger partial charge in [0.2, 0.25) is 0 Å².